The molecule has 2 fully saturated rings. The number of hydrogen-bond acceptors (Lipinski definition) is 6. The normalized spacial score (nSPS) is 39.9. The van der Waals surface area contributed by atoms with Crippen molar-refractivity contribution in [3.8, 4) is 0 Å². The molecule has 17 heavy (non-hydrogen) atoms. The van der Waals surface area contributed by atoms with E-state index in [1.54, 1.807) is 4.90 Å². The summed E-state index contributed by atoms with van der Waals surface area (Å²) in [6, 6.07) is 0.160. The van der Waals surface area contributed by atoms with Gasteiger partial charge in [0.2, 0.25) is 0 Å². The van der Waals surface area contributed by atoms with Crippen molar-refractivity contribution in [3.63, 3.8) is 0 Å². The lowest BCUT2D eigenvalue weighted by Gasteiger charge is -2.25. The molecule has 3 rings (SSSR count). The van der Waals surface area contributed by atoms with Crippen LogP contribution in [0.25, 0.3) is 0 Å². The van der Waals surface area contributed by atoms with Gasteiger partial charge in [0, 0.05) is 5.57 Å². The Kier molecular flexibility index (Phi) is 2.22. The molecule has 1 amide bonds. The van der Waals surface area contributed by atoms with Crippen LogP contribution in [0.3, 0.4) is 0 Å². The number of amidine groups is 1. The highest BCUT2D eigenvalue weighted by Crippen LogP contribution is 2.34. The molecule has 4 atom stereocenters. The molecule has 0 saturated carbocycles. The zero-order valence-electron chi connectivity index (χ0n) is 8.94. The maximum absolute atomic E-state index is 11.3. The predicted octanol–water partition coefficient (Wildman–Crippen LogP) is -1.78. The number of carbonyl (C=O) groups excluding carboxylic acids is 1. The highest BCUT2D eigenvalue weighted by atomic mass is 16.6. The predicted molar refractivity (Wildman–Crippen MR) is 54.9 cm³/mol. The lowest BCUT2D eigenvalue weighted by molar-refractivity contribution is -0.115. The van der Waals surface area contributed by atoms with Crippen LogP contribution in [0.1, 0.15) is 0 Å². The molecule has 0 aromatic carbocycles. The number of hydrogen-bond donors (Lipinski definition) is 2. The molecule has 0 aromatic rings. The van der Waals surface area contributed by atoms with E-state index in [0.717, 1.165) is 0 Å². The lowest BCUT2D eigenvalue weighted by atomic mass is 10.1. The summed E-state index contributed by atoms with van der Waals surface area (Å²) in [5.41, 5.74) is 0.350. The molecule has 92 valence electrons. The van der Waals surface area contributed by atoms with Gasteiger partial charge in [-0.2, -0.15) is 4.99 Å². The Hall–Kier alpha value is -1.44. The summed E-state index contributed by atoms with van der Waals surface area (Å²) in [5.74, 6) is -0.413. The largest absolute Gasteiger partial charge is 0.454 e. The van der Waals surface area contributed by atoms with Crippen molar-refractivity contribution in [1.29, 1.82) is 0 Å². The van der Waals surface area contributed by atoms with Crippen molar-refractivity contribution < 1.29 is 24.5 Å². The third kappa shape index (κ3) is 1.40. The van der Waals surface area contributed by atoms with Crippen LogP contribution in [0, 0.1) is 0 Å². The van der Waals surface area contributed by atoms with Crippen molar-refractivity contribution >= 4 is 11.9 Å². The number of nitrogens with zero attached hydrogens (tertiary/aromatic N) is 2. The third-order valence-corrected chi connectivity index (χ3v) is 3.15. The standard InChI is InChI=1S/C10H12N2O5/c1-4-2-12-9-7(6(14)5(3-13)16-9)17-10(12)11-8(4)15/h5-7,9,13-14H,1-3H2/t5-,6-,7+,9-/m0/s1. The van der Waals surface area contributed by atoms with Gasteiger partial charge in [-0.1, -0.05) is 6.58 Å². The van der Waals surface area contributed by atoms with Gasteiger partial charge in [-0.15, -0.1) is 0 Å². The quantitative estimate of drug-likeness (QED) is 0.526. The first-order chi connectivity index (χ1) is 8.11. The topological polar surface area (TPSA) is 91.6 Å². The SMILES string of the molecule is C=C1CN2C(=NC1=O)O[C@@H]1[C@@H](O)[C@H](CO)O[C@@H]12. The fourth-order valence-corrected chi connectivity index (χ4v) is 2.23. The second-order valence-electron chi connectivity index (χ2n) is 4.25. The molecule has 0 spiro atoms. The van der Waals surface area contributed by atoms with E-state index in [1.807, 2.05) is 0 Å². The molecule has 0 aliphatic carbocycles. The van der Waals surface area contributed by atoms with Gasteiger partial charge in [0.25, 0.3) is 11.9 Å². The summed E-state index contributed by atoms with van der Waals surface area (Å²) in [6.07, 6.45) is -2.74. The Morgan fingerprint density at radius 3 is 3.06 bits per heavy atom. The number of aliphatic imine (C=N–C) groups is 1. The Bertz CT molecular complexity index is 421. The van der Waals surface area contributed by atoms with Crippen LogP contribution in [0.15, 0.2) is 17.1 Å². The summed E-state index contributed by atoms with van der Waals surface area (Å²) in [7, 11) is 0. The number of fused-ring (bicyclic) bond motifs is 3. The first-order valence-corrected chi connectivity index (χ1v) is 5.30. The highest BCUT2D eigenvalue weighted by molar-refractivity contribution is 6.04. The number of amides is 1. The van der Waals surface area contributed by atoms with Gasteiger partial charge in [0.05, 0.1) is 13.2 Å². The Labute approximate surface area is 96.9 Å². The number of ether oxygens (including phenoxy) is 2. The van der Waals surface area contributed by atoms with E-state index in [9.17, 15) is 9.90 Å². The van der Waals surface area contributed by atoms with Crippen LogP contribution >= 0.6 is 0 Å². The van der Waals surface area contributed by atoms with Crippen molar-refractivity contribution in [2.45, 2.75) is 24.5 Å². The Balaban J connectivity index is 1.88. The Morgan fingerprint density at radius 1 is 1.59 bits per heavy atom. The summed E-state index contributed by atoms with van der Waals surface area (Å²) < 4.78 is 10.8. The third-order valence-electron chi connectivity index (χ3n) is 3.15. The molecule has 2 saturated heterocycles. The number of aliphatic hydroxyl groups is 2. The maximum Gasteiger partial charge on any atom is 0.298 e. The minimum atomic E-state index is -0.929. The van der Waals surface area contributed by atoms with Crippen LogP contribution < -0.4 is 0 Å². The summed E-state index contributed by atoms with van der Waals surface area (Å²) in [4.78, 5) is 16.7. The van der Waals surface area contributed by atoms with Crippen LogP contribution in [0.5, 0.6) is 0 Å². The average molecular weight is 240 g/mol. The maximum atomic E-state index is 11.3. The molecule has 0 radical (unpaired) electrons. The first kappa shape index (κ1) is 10.7. The second-order valence-corrected chi connectivity index (χ2v) is 4.25. The van der Waals surface area contributed by atoms with Gasteiger partial charge >= 0.3 is 0 Å². The van der Waals surface area contributed by atoms with Gasteiger partial charge in [0.1, 0.15) is 12.2 Å². The average Bonchev–Trinajstić information content (AvgIpc) is 2.78. The van der Waals surface area contributed by atoms with E-state index in [0.29, 0.717) is 5.57 Å². The van der Waals surface area contributed by atoms with Gasteiger partial charge in [-0.25, -0.2) is 0 Å². The number of aliphatic hydroxyl groups excluding tert-OH is 2. The smallest absolute Gasteiger partial charge is 0.298 e. The number of carbonyl (C=O) groups is 1. The zero-order valence-corrected chi connectivity index (χ0v) is 8.94. The molecular formula is C10H12N2O5. The van der Waals surface area contributed by atoms with Crippen molar-refractivity contribution in [2.24, 2.45) is 4.99 Å². The molecule has 0 bridgehead atoms. The first-order valence-electron chi connectivity index (χ1n) is 5.30. The molecule has 3 aliphatic heterocycles. The van der Waals surface area contributed by atoms with Gasteiger partial charge in [-0.05, 0) is 0 Å². The Morgan fingerprint density at radius 2 is 2.35 bits per heavy atom. The van der Waals surface area contributed by atoms with E-state index in [4.69, 9.17) is 14.6 Å². The van der Waals surface area contributed by atoms with Gasteiger partial charge in [0.15, 0.2) is 12.3 Å². The van der Waals surface area contributed by atoms with Crippen molar-refractivity contribution in [3.05, 3.63) is 12.2 Å². The molecule has 7 nitrogen and oxygen atoms in total. The van der Waals surface area contributed by atoms with Gasteiger partial charge in [-0.3, -0.25) is 9.69 Å². The lowest BCUT2D eigenvalue weighted by Crippen LogP contribution is -2.41. The highest BCUT2D eigenvalue weighted by Gasteiger charge is 2.55. The fourth-order valence-electron chi connectivity index (χ4n) is 2.23. The van der Waals surface area contributed by atoms with Crippen LogP contribution in [-0.2, 0) is 14.3 Å². The van der Waals surface area contributed by atoms with E-state index < -0.39 is 30.4 Å². The minimum absolute atomic E-state index is 0.160. The molecule has 3 heterocycles. The van der Waals surface area contributed by atoms with Crippen molar-refractivity contribution in [1.82, 2.24) is 4.90 Å². The van der Waals surface area contributed by atoms with E-state index in [2.05, 4.69) is 11.6 Å². The van der Waals surface area contributed by atoms with Crippen LogP contribution in [0.4, 0.5) is 0 Å². The van der Waals surface area contributed by atoms with Crippen molar-refractivity contribution in [2.75, 3.05) is 13.2 Å². The van der Waals surface area contributed by atoms with E-state index in [-0.39, 0.29) is 19.2 Å². The summed E-state index contributed by atoms with van der Waals surface area (Å²) >= 11 is 0. The summed E-state index contributed by atoms with van der Waals surface area (Å²) in [5, 5.41) is 18.9. The number of rotatable bonds is 1. The molecule has 7 heteroatoms. The molecule has 0 aromatic heterocycles. The fraction of sp³-hybridized carbons (Fsp3) is 0.600. The molecular weight excluding hydrogens is 228 g/mol. The second kappa shape index (κ2) is 3.52. The van der Waals surface area contributed by atoms with Crippen LogP contribution in [0.2, 0.25) is 0 Å². The molecule has 3 aliphatic rings. The van der Waals surface area contributed by atoms with Gasteiger partial charge < -0.3 is 19.7 Å². The molecule has 0 unspecified atom stereocenters. The van der Waals surface area contributed by atoms with E-state index >= 15 is 0 Å². The minimum Gasteiger partial charge on any atom is -0.454 e. The summed E-state index contributed by atoms with van der Waals surface area (Å²) in [6.45, 7) is 3.59. The van der Waals surface area contributed by atoms with Crippen LogP contribution in [-0.4, -0.2) is 64.7 Å². The monoisotopic (exact) mass is 240 g/mol. The van der Waals surface area contributed by atoms with E-state index in [1.165, 1.54) is 0 Å². The molecule has 2 N–H and O–H groups in total. The zero-order chi connectivity index (χ0) is 12.2.